The molecule has 6 nitrogen and oxygen atoms in total. The number of nitrogens with two attached hydrogens (primary N) is 1. The average Bonchev–Trinajstić information content (AvgIpc) is 2.78. The molecule has 1 heterocycles. The smallest absolute Gasteiger partial charge is 0.270 e. The summed E-state index contributed by atoms with van der Waals surface area (Å²) in [6.45, 7) is 2.47. The second-order valence-electron chi connectivity index (χ2n) is 4.01. The predicted molar refractivity (Wildman–Crippen MR) is 69.5 cm³/mol. The standard InChI is InChI=1S/C11H19N3O3S/c1-7(12)11-14-9(6-18-11)10(16)13-4-3-8(15)5-17-2/h6-8,15H,3-5,12H2,1-2H3,(H,13,16). The Hall–Kier alpha value is -1.02. The maximum Gasteiger partial charge on any atom is 0.270 e. The number of aromatic nitrogens is 1. The zero-order valence-electron chi connectivity index (χ0n) is 10.5. The number of hydrogen-bond acceptors (Lipinski definition) is 6. The molecular formula is C11H19N3O3S. The second kappa shape index (κ2) is 7.42. The highest BCUT2D eigenvalue weighted by atomic mass is 32.1. The number of carbonyl (C=O) groups is 1. The molecule has 0 bridgehead atoms. The van der Waals surface area contributed by atoms with Crippen molar-refractivity contribution in [3.8, 4) is 0 Å². The van der Waals surface area contributed by atoms with Gasteiger partial charge in [0.1, 0.15) is 10.7 Å². The molecule has 0 saturated carbocycles. The number of thiazole rings is 1. The van der Waals surface area contributed by atoms with Crippen LogP contribution in [-0.4, -0.2) is 42.4 Å². The third-order valence-corrected chi connectivity index (χ3v) is 3.31. The molecule has 0 aromatic carbocycles. The summed E-state index contributed by atoms with van der Waals surface area (Å²) in [5.74, 6) is -0.247. The van der Waals surface area contributed by atoms with Gasteiger partial charge in [-0.15, -0.1) is 11.3 Å². The number of rotatable bonds is 7. The monoisotopic (exact) mass is 273 g/mol. The van der Waals surface area contributed by atoms with Crippen LogP contribution < -0.4 is 11.1 Å². The van der Waals surface area contributed by atoms with E-state index in [1.807, 2.05) is 6.92 Å². The van der Waals surface area contributed by atoms with Crippen molar-refractivity contribution in [2.24, 2.45) is 5.73 Å². The molecule has 0 aliphatic rings. The summed E-state index contributed by atoms with van der Waals surface area (Å²) in [7, 11) is 1.52. The van der Waals surface area contributed by atoms with Gasteiger partial charge in [-0.25, -0.2) is 4.98 Å². The van der Waals surface area contributed by atoms with E-state index in [0.717, 1.165) is 5.01 Å². The molecule has 2 unspecified atom stereocenters. The van der Waals surface area contributed by atoms with Crippen LogP contribution in [0.2, 0.25) is 0 Å². The van der Waals surface area contributed by atoms with Crippen LogP contribution >= 0.6 is 11.3 Å². The minimum absolute atomic E-state index is 0.167. The van der Waals surface area contributed by atoms with Crippen molar-refractivity contribution in [3.63, 3.8) is 0 Å². The van der Waals surface area contributed by atoms with Crippen molar-refractivity contribution >= 4 is 17.2 Å². The molecule has 1 rings (SSSR count). The maximum atomic E-state index is 11.7. The fourth-order valence-electron chi connectivity index (χ4n) is 1.32. The summed E-state index contributed by atoms with van der Waals surface area (Å²) < 4.78 is 4.79. The first-order valence-corrected chi connectivity index (χ1v) is 6.58. The topological polar surface area (TPSA) is 97.5 Å². The highest BCUT2D eigenvalue weighted by molar-refractivity contribution is 7.09. The summed E-state index contributed by atoms with van der Waals surface area (Å²) in [6.07, 6.45) is -0.116. The molecule has 0 radical (unpaired) electrons. The lowest BCUT2D eigenvalue weighted by Gasteiger charge is -2.09. The normalized spacial score (nSPS) is 14.2. The summed E-state index contributed by atoms with van der Waals surface area (Å²) in [4.78, 5) is 15.8. The molecule has 4 N–H and O–H groups in total. The molecule has 18 heavy (non-hydrogen) atoms. The SMILES string of the molecule is COCC(O)CCNC(=O)c1csc(C(C)N)n1. The number of aliphatic hydroxyl groups is 1. The molecule has 7 heteroatoms. The first-order valence-electron chi connectivity index (χ1n) is 5.70. The molecule has 0 aliphatic heterocycles. The quantitative estimate of drug-likeness (QED) is 0.663. The maximum absolute atomic E-state index is 11.7. The molecular weight excluding hydrogens is 254 g/mol. The molecule has 2 atom stereocenters. The van der Waals surface area contributed by atoms with Crippen molar-refractivity contribution in [2.75, 3.05) is 20.3 Å². The number of amides is 1. The van der Waals surface area contributed by atoms with Gasteiger partial charge in [-0.3, -0.25) is 4.79 Å². The van der Waals surface area contributed by atoms with Crippen LogP contribution in [0, 0.1) is 0 Å². The van der Waals surface area contributed by atoms with E-state index in [2.05, 4.69) is 10.3 Å². The Balaban J connectivity index is 2.36. The second-order valence-corrected chi connectivity index (χ2v) is 4.90. The van der Waals surface area contributed by atoms with Gasteiger partial charge in [-0.1, -0.05) is 0 Å². The Morgan fingerprint density at radius 1 is 1.72 bits per heavy atom. The van der Waals surface area contributed by atoms with Crippen LogP contribution in [0.4, 0.5) is 0 Å². The summed E-state index contributed by atoms with van der Waals surface area (Å²) >= 11 is 1.37. The Bertz CT molecular complexity index is 381. The van der Waals surface area contributed by atoms with Crippen LogP contribution in [-0.2, 0) is 4.74 Å². The zero-order chi connectivity index (χ0) is 13.5. The zero-order valence-corrected chi connectivity index (χ0v) is 11.4. The number of aliphatic hydroxyl groups excluding tert-OH is 1. The Morgan fingerprint density at radius 3 is 3.00 bits per heavy atom. The van der Waals surface area contributed by atoms with Gasteiger partial charge in [0.15, 0.2) is 0 Å². The van der Waals surface area contributed by atoms with E-state index in [4.69, 9.17) is 10.5 Å². The third-order valence-electron chi connectivity index (χ3n) is 2.27. The number of ether oxygens (including phenoxy) is 1. The van der Waals surface area contributed by atoms with E-state index < -0.39 is 6.10 Å². The molecule has 1 aromatic heterocycles. The minimum Gasteiger partial charge on any atom is -0.391 e. The number of nitrogens with one attached hydrogen (secondary N) is 1. The van der Waals surface area contributed by atoms with E-state index in [1.165, 1.54) is 18.4 Å². The van der Waals surface area contributed by atoms with Gasteiger partial charge >= 0.3 is 0 Å². The van der Waals surface area contributed by atoms with E-state index in [0.29, 0.717) is 18.7 Å². The Labute approximate surface area is 110 Å². The number of hydrogen-bond donors (Lipinski definition) is 3. The highest BCUT2D eigenvalue weighted by Crippen LogP contribution is 2.15. The number of nitrogens with zero attached hydrogens (tertiary/aromatic N) is 1. The van der Waals surface area contributed by atoms with Crippen LogP contribution in [0.15, 0.2) is 5.38 Å². The summed E-state index contributed by atoms with van der Waals surface area (Å²) in [5.41, 5.74) is 6.04. The highest BCUT2D eigenvalue weighted by Gasteiger charge is 2.12. The van der Waals surface area contributed by atoms with Gasteiger partial charge in [-0.05, 0) is 13.3 Å². The molecule has 1 amide bonds. The van der Waals surface area contributed by atoms with Crippen molar-refractivity contribution in [3.05, 3.63) is 16.1 Å². The Morgan fingerprint density at radius 2 is 2.44 bits per heavy atom. The molecule has 102 valence electrons. The molecule has 0 spiro atoms. The van der Waals surface area contributed by atoms with E-state index in [-0.39, 0.29) is 18.6 Å². The van der Waals surface area contributed by atoms with Crippen LogP contribution in [0.5, 0.6) is 0 Å². The van der Waals surface area contributed by atoms with Crippen LogP contribution in [0.3, 0.4) is 0 Å². The van der Waals surface area contributed by atoms with E-state index >= 15 is 0 Å². The summed E-state index contributed by atoms with van der Waals surface area (Å²) in [5, 5.41) is 14.5. The van der Waals surface area contributed by atoms with Gasteiger partial charge in [0.2, 0.25) is 0 Å². The van der Waals surface area contributed by atoms with Gasteiger partial charge in [0, 0.05) is 19.0 Å². The molecule has 0 aliphatic carbocycles. The first-order chi connectivity index (χ1) is 8.54. The lowest BCUT2D eigenvalue weighted by molar-refractivity contribution is 0.0587. The third kappa shape index (κ3) is 4.69. The lowest BCUT2D eigenvalue weighted by Crippen LogP contribution is -2.28. The number of carbonyl (C=O) groups excluding carboxylic acids is 1. The largest absolute Gasteiger partial charge is 0.391 e. The predicted octanol–water partition coefficient (Wildman–Crippen LogP) is 0.290. The van der Waals surface area contributed by atoms with Crippen molar-refractivity contribution in [2.45, 2.75) is 25.5 Å². The van der Waals surface area contributed by atoms with Crippen molar-refractivity contribution < 1.29 is 14.6 Å². The molecule has 0 fully saturated rings. The van der Waals surface area contributed by atoms with Gasteiger partial charge in [0.25, 0.3) is 5.91 Å². The summed E-state index contributed by atoms with van der Waals surface area (Å²) in [6, 6.07) is -0.167. The fraction of sp³-hybridized carbons (Fsp3) is 0.636. The van der Waals surface area contributed by atoms with Crippen LogP contribution in [0.1, 0.15) is 34.9 Å². The van der Waals surface area contributed by atoms with Crippen LogP contribution in [0.25, 0.3) is 0 Å². The van der Waals surface area contributed by atoms with Gasteiger partial charge in [0.05, 0.1) is 18.8 Å². The minimum atomic E-state index is -0.564. The fourth-order valence-corrected chi connectivity index (χ4v) is 2.08. The first kappa shape index (κ1) is 15.0. The van der Waals surface area contributed by atoms with Gasteiger partial charge < -0.3 is 20.9 Å². The average molecular weight is 273 g/mol. The van der Waals surface area contributed by atoms with Crippen molar-refractivity contribution in [1.29, 1.82) is 0 Å². The molecule has 1 aromatic rings. The Kier molecular flexibility index (Phi) is 6.20. The number of methoxy groups -OCH3 is 1. The molecule has 0 saturated heterocycles. The van der Waals surface area contributed by atoms with Gasteiger partial charge in [-0.2, -0.15) is 0 Å². The lowest BCUT2D eigenvalue weighted by atomic mass is 10.2. The van der Waals surface area contributed by atoms with E-state index in [9.17, 15) is 9.90 Å². The van der Waals surface area contributed by atoms with E-state index in [1.54, 1.807) is 5.38 Å². The van der Waals surface area contributed by atoms with Crippen molar-refractivity contribution in [1.82, 2.24) is 10.3 Å².